The van der Waals surface area contributed by atoms with Gasteiger partial charge in [0.1, 0.15) is 12.2 Å². The number of aromatic amines is 1. The number of nitrogens with zero attached hydrogens (tertiary/aromatic N) is 1. The van der Waals surface area contributed by atoms with Gasteiger partial charge in [0.15, 0.2) is 6.23 Å². The third-order valence-electron chi connectivity index (χ3n) is 2.91. The molecule has 0 saturated carbocycles. The Kier molecular flexibility index (Phi) is 3.90. The molecule has 4 atom stereocenters. The van der Waals surface area contributed by atoms with E-state index >= 15 is 0 Å². The van der Waals surface area contributed by atoms with E-state index in [9.17, 15) is 19.8 Å². The lowest BCUT2D eigenvalue weighted by atomic mass is 10.1. The molecule has 0 aliphatic carbocycles. The smallest absolute Gasteiger partial charge is 0.330 e. The van der Waals surface area contributed by atoms with E-state index in [4.69, 9.17) is 4.74 Å². The number of halogens is 1. The molecule has 3 N–H and O–H groups in total. The fourth-order valence-corrected chi connectivity index (χ4v) is 2.59. The molecule has 0 aromatic carbocycles. The molecule has 0 bridgehead atoms. The lowest BCUT2D eigenvalue weighted by molar-refractivity contribution is -0.0336. The van der Waals surface area contributed by atoms with E-state index in [-0.39, 0.29) is 0 Å². The van der Waals surface area contributed by atoms with Crippen molar-refractivity contribution in [1.29, 1.82) is 0 Å². The molecule has 8 heteroatoms. The third kappa shape index (κ3) is 2.25. The first kappa shape index (κ1) is 13.7. The quantitative estimate of drug-likeness (QED) is 0.454. The van der Waals surface area contributed by atoms with Gasteiger partial charge in [-0.15, -0.1) is 0 Å². The maximum Gasteiger partial charge on any atom is 0.330 e. The summed E-state index contributed by atoms with van der Waals surface area (Å²) in [7, 11) is 0. The predicted octanol–water partition coefficient (Wildman–Crippen LogP) is -1.10. The van der Waals surface area contributed by atoms with E-state index in [0.29, 0.717) is 9.99 Å². The summed E-state index contributed by atoms with van der Waals surface area (Å²) in [6.45, 7) is 1.54. The Morgan fingerprint density at radius 3 is 2.67 bits per heavy atom. The Bertz CT molecular complexity index is 554. The van der Waals surface area contributed by atoms with Gasteiger partial charge in [0.05, 0.1) is 6.10 Å². The molecule has 1 aromatic heterocycles. The van der Waals surface area contributed by atoms with E-state index in [1.807, 2.05) is 22.6 Å². The van der Waals surface area contributed by atoms with Gasteiger partial charge in [0.25, 0.3) is 5.56 Å². The number of nitrogens with one attached hydrogen (secondary N) is 1. The van der Waals surface area contributed by atoms with E-state index < -0.39 is 35.8 Å². The van der Waals surface area contributed by atoms with Crippen molar-refractivity contribution in [2.45, 2.75) is 31.5 Å². The number of aryl methyl sites for hydroxylation is 1. The van der Waals surface area contributed by atoms with Crippen LogP contribution < -0.4 is 11.2 Å². The average Bonchev–Trinajstić information content (AvgIpc) is 2.61. The molecule has 1 aliphatic heterocycles. The summed E-state index contributed by atoms with van der Waals surface area (Å²) in [6, 6.07) is 0. The van der Waals surface area contributed by atoms with Crippen LogP contribution in [0, 0.1) is 6.92 Å². The molecule has 100 valence electrons. The molecular formula is C10H13IN2O5. The van der Waals surface area contributed by atoms with Crippen LogP contribution in [0.4, 0.5) is 0 Å². The van der Waals surface area contributed by atoms with Crippen molar-refractivity contribution in [2.75, 3.05) is 4.43 Å². The Morgan fingerprint density at radius 1 is 1.44 bits per heavy atom. The van der Waals surface area contributed by atoms with Gasteiger partial charge in [-0.05, 0) is 6.92 Å². The molecule has 7 nitrogen and oxygen atoms in total. The monoisotopic (exact) mass is 368 g/mol. The summed E-state index contributed by atoms with van der Waals surface area (Å²) >= 11 is 2.02. The van der Waals surface area contributed by atoms with Gasteiger partial charge in [-0.2, -0.15) is 0 Å². The van der Waals surface area contributed by atoms with Gasteiger partial charge in [-0.3, -0.25) is 14.3 Å². The van der Waals surface area contributed by atoms with Crippen LogP contribution in [-0.2, 0) is 4.74 Å². The highest BCUT2D eigenvalue weighted by atomic mass is 127. The molecule has 0 unspecified atom stereocenters. The zero-order chi connectivity index (χ0) is 13.4. The van der Waals surface area contributed by atoms with Crippen LogP contribution >= 0.6 is 22.6 Å². The van der Waals surface area contributed by atoms with E-state index in [0.717, 1.165) is 4.57 Å². The minimum atomic E-state index is -1.20. The molecule has 0 radical (unpaired) electrons. The van der Waals surface area contributed by atoms with Gasteiger partial charge in [0, 0.05) is 16.2 Å². The van der Waals surface area contributed by atoms with Crippen molar-refractivity contribution in [3.8, 4) is 0 Å². The summed E-state index contributed by atoms with van der Waals surface area (Å²) in [6.07, 6.45) is -2.46. The summed E-state index contributed by atoms with van der Waals surface area (Å²) in [5.41, 5.74) is -0.816. The van der Waals surface area contributed by atoms with Crippen LogP contribution in [0.1, 0.15) is 11.8 Å². The number of alkyl halides is 1. The number of aromatic nitrogens is 2. The van der Waals surface area contributed by atoms with Crippen LogP contribution in [0.25, 0.3) is 0 Å². The summed E-state index contributed by atoms with van der Waals surface area (Å²) in [5.74, 6) is 0. The molecule has 1 aliphatic rings. The van der Waals surface area contributed by atoms with Crippen LogP contribution in [0.2, 0.25) is 0 Å². The normalized spacial score (nSPS) is 31.8. The van der Waals surface area contributed by atoms with Crippen molar-refractivity contribution >= 4 is 22.6 Å². The van der Waals surface area contributed by atoms with Crippen molar-refractivity contribution < 1.29 is 14.9 Å². The highest BCUT2D eigenvalue weighted by Crippen LogP contribution is 2.29. The van der Waals surface area contributed by atoms with E-state index in [1.165, 1.54) is 6.20 Å². The Balaban J connectivity index is 2.42. The maximum absolute atomic E-state index is 11.7. The van der Waals surface area contributed by atoms with Gasteiger partial charge >= 0.3 is 5.69 Å². The Morgan fingerprint density at radius 2 is 2.11 bits per heavy atom. The van der Waals surface area contributed by atoms with Crippen LogP contribution in [0.15, 0.2) is 15.8 Å². The largest absolute Gasteiger partial charge is 0.387 e. The second kappa shape index (κ2) is 5.11. The van der Waals surface area contributed by atoms with Crippen molar-refractivity contribution in [1.82, 2.24) is 9.55 Å². The lowest BCUT2D eigenvalue weighted by Gasteiger charge is -2.17. The minimum Gasteiger partial charge on any atom is -0.387 e. The second-order valence-electron chi connectivity index (χ2n) is 4.18. The zero-order valence-electron chi connectivity index (χ0n) is 9.54. The molecule has 2 heterocycles. The van der Waals surface area contributed by atoms with Crippen LogP contribution in [-0.4, -0.2) is 42.5 Å². The number of aliphatic hydroxyl groups is 2. The first-order chi connectivity index (χ1) is 8.45. The number of ether oxygens (including phenoxy) is 1. The number of hydrogen-bond acceptors (Lipinski definition) is 5. The number of aliphatic hydroxyl groups excluding tert-OH is 2. The number of hydrogen-bond donors (Lipinski definition) is 3. The molecule has 18 heavy (non-hydrogen) atoms. The van der Waals surface area contributed by atoms with Gasteiger partial charge < -0.3 is 14.9 Å². The topological polar surface area (TPSA) is 105 Å². The predicted molar refractivity (Wildman–Crippen MR) is 70.9 cm³/mol. The molecule has 2 rings (SSSR count). The maximum atomic E-state index is 11.7. The molecule has 1 aromatic rings. The van der Waals surface area contributed by atoms with Gasteiger partial charge in [0.2, 0.25) is 0 Å². The second-order valence-corrected chi connectivity index (χ2v) is 5.06. The Labute approximate surface area is 116 Å². The highest BCUT2D eigenvalue weighted by molar-refractivity contribution is 14.1. The number of H-pyrrole nitrogens is 1. The van der Waals surface area contributed by atoms with Gasteiger partial charge in [-0.25, -0.2) is 4.79 Å². The fourth-order valence-electron chi connectivity index (χ4n) is 1.86. The molecule has 0 amide bonds. The standard InChI is InChI=1S/C10H13IN2O5/c1-4-3-13(10(17)12-8(4)16)9-7(15)6(14)5(2-11)18-9/h3,5-7,9,14-15H,2H2,1H3,(H,12,16,17)/t5-,6-,7-,9-/m1/s1. The molecule has 0 spiro atoms. The van der Waals surface area contributed by atoms with E-state index in [1.54, 1.807) is 6.92 Å². The fraction of sp³-hybridized carbons (Fsp3) is 0.600. The average molecular weight is 368 g/mol. The first-order valence-corrected chi connectivity index (χ1v) is 6.88. The summed E-state index contributed by atoms with van der Waals surface area (Å²) < 4.78 is 7.01. The van der Waals surface area contributed by atoms with Crippen molar-refractivity contribution in [2.24, 2.45) is 0 Å². The SMILES string of the molecule is Cc1cn([C@@H]2O[C@H](CI)[C@@H](O)[C@H]2O)c(=O)[nH]c1=O. The zero-order valence-corrected chi connectivity index (χ0v) is 11.7. The summed E-state index contributed by atoms with van der Waals surface area (Å²) in [5, 5.41) is 19.6. The number of rotatable bonds is 2. The highest BCUT2D eigenvalue weighted by Gasteiger charge is 2.43. The van der Waals surface area contributed by atoms with Gasteiger partial charge in [-0.1, -0.05) is 22.6 Å². The Hall–Kier alpha value is -0.710. The summed E-state index contributed by atoms with van der Waals surface area (Å²) in [4.78, 5) is 25.0. The van der Waals surface area contributed by atoms with E-state index in [2.05, 4.69) is 4.98 Å². The van der Waals surface area contributed by atoms with Crippen LogP contribution in [0.3, 0.4) is 0 Å². The third-order valence-corrected chi connectivity index (χ3v) is 3.78. The lowest BCUT2D eigenvalue weighted by Crippen LogP contribution is -2.38. The molecular weight excluding hydrogens is 355 g/mol. The minimum absolute atomic E-state index is 0.331. The molecule has 1 saturated heterocycles. The molecule has 1 fully saturated rings. The van der Waals surface area contributed by atoms with Crippen molar-refractivity contribution in [3.63, 3.8) is 0 Å². The first-order valence-electron chi connectivity index (χ1n) is 5.35. The van der Waals surface area contributed by atoms with Crippen molar-refractivity contribution in [3.05, 3.63) is 32.6 Å². The van der Waals surface area contributed by atoms with Crippen LogP contribution in [0.5, 0.6) is 0 Å².